The van der Waals surface area contributed by atoms with E-state index in [9.17, 15) is 13.2 Å². The number of halogens is 3. The van der Waals surface area contributed by atoms with Crippen molar-refractivity contribution in [3.05, 3.63) is 29.8 Å². The highest BCUT2D eigenvalue weighted by atomic mass is 19.4. The Morgan fingerprint density at radius 2 is 1.95 bits per heavy atom. The first kappa shape index (κ1) is 15.2. The van der Waals surface area contributed by atoms with Crippen molar-refractivity contribution in [2.45, 2.75) is 50.9 Å². The third kappa shape index (κ3) is 4.13. The average molecular weight is 287 g/mol. The quantitative estimate of drug-likeness (QED) is 0.907. The summed E-state index contributed by atoms with van der Waals surface area (Å²) in [5.74, 6) is 0.484. The highest BCUT2D eigenvalue weighted by Gasteiger charge is 2.35. The molecular weight excluding hydrogens is 267 g/mol. The highest BCUT2D eigenvalue weighted by molar-refractivity contribution is 5.28. The lowest BCUT2D eigenvalue weighted by atomic mass is 9.89. The molecule has 1 aromatic rings. The molecule has 1 aromatic carbocycles. The van der Waals surface area contributed by atoms with E-state index in [2.05, 4.69) is 11.7 Å². The van der Waals surface area contributed by atoms with Gasteiger partial charge in [0.2, 0.25) is 0 Å². The zero-order chi connectivity index (χ0) is 14.8. The molecule has 112 valence electrons. The van der Waals surface area contributed by atoms with Gasteiger partial charge in [-0.05, 0) is 49.3 Å². The van der Waals surface area contributed by atoms with Gasteiger partial charge in [0, 0.05) is 5.54 Å². The van der Waals surface area contributed by atoms with Crippen molar-refractivity contribution in [1.29, 1.82) is 0 Å². The van der Waals surface area contributed by atoms with Crippen molar-refractivity contribution < 1.29 is 17.9 Å². The summed E-state index contributed by atoms with van der Waals surface area (Å²) in [5.41, 5.74) is 7.13. The van der Waals surface area contributed by atoms with Crippen LogP contribution in [0.5, 0.6) is 5.75 Å². The third-order valence-electron chi connectivity index (χ3n) is 4.04. The van der Waals surface area contributed by atoms with Gasteiger partial charge in [0.05, 0.1) is 0 Å². The zero-order valence-electron chi connectivity index (χ0n) is 11.5. The first-order valence-corrected chi connectivity index (χ1v) is 6.93. The van der Waals surface area contributed by atoms with E-state index in [4.69, 9.17) is 5.73 Å². The van der Waals surface area contributed by atoms with Crippen LogP contribution in [0.25, 0.3) is 0 Å². The van der Waals surface area contributed by atoms with Gasteiger partial charge >= 0.3 is 6.36 Å². The van der Waals surface area contributed by atoms with E-state index in [0.29, 0.717) is 12.3 Å². The van der Waals surface area contributed by atoms with E-state index in [1.54, 1.807) is 12.1 Å². The molecule has 0 spiro atoms. The number of hydrogen-bond donors (Lipinski definition) is 1. The molecule has 2 rings (SSSR count). The lowest BCUT2D eigenvalue weighted by molar-refractivity contribution is -0.274. The molecule has 0 aliphatic heterocycles. The summed E-state index contributed by atoms with van der Waals surface area (Å²) >= 11 is 0. The van der Waals surface area contributed by atoms with Crippen LogP contribution in [0.4, 0.5) is 13.2 Å². The Morgan fingerprint density at radius 3 is 2.45 bits per heavy atom. The Labute approximate surface area is 117 Å². The summed E-state index contributed by atoms with van der Waals surface area (Å²) in [6.45, 7) is 2.17. The molecule has 1 aliphatic rings. The van der Waals surface area contributed by atoms with E-state index >= 15 is 0 Å². The zero-order valence-corrected chi connectivity index (χ0v) is 11.5. The van der Waals surface area contributed by atoms with Crippen LogP contribution in [0, 0.1) is 5.92 Å². The Hall–Kier alpha value is -1.23. The molecule has 1 saturated carbocycles. The first-order valence-electron chi connectivity index (χ1n) is 6.93. The summed E-state index contributed by atoms with van der Waals surface area (Å²) in [5, 5.41) is 0. The number of hydrogen-bond acceptors (Lipinski definition) is 2. The molecule has 0 amide bonds. The number of ether oxygens (including phenoxy) is 1. The van der Waals surface area contributed by atoms with Gasteiger partial charge in [0.15, 0.2) is 0 Å². The molecule has 1 fully saturated rings. The molecule has 0 radical (unpaired) electrons. The fourth-order valence-electron chi connectivity index (χ4n) is 3.00. The molecule has 5 heteroatoms. The Morgan fingerprint density at radius 1 is 1.30 bits per heavy atom. The largest absolute Gasteiger partial charge is 0.573 e. The summed E-state index contributed by atoms with van der Waals surface area (Å²) in [6, 6.07) is 6.01. The molecule has 2 N–H and O–H groups in total. The van der Waals surface area contributed by atoms with Gasteiger partial charge in [-0.1, -0.05) is 25.5 Å². The van der Waals surface area contributed by atoms with Crippen molar-refractivity contribution in [3.8, 4) is 5.75 Å². The van der Waals surface area contributed by atoms with E-state index < -0.39 is 6.36 Å². The standard InChI is InChI=1S/C15H20F3NO/c1-2-11-7-8-14(19,9-11)10-12-3-5-13(6-4-12)20-15(16,17)18/h3-6,11H,2,7-10,19H2,1H3. The molecule has 1 aliphatic carbocycles. The second kappa shape index (κ2) is 5.64. The molecule has 20 heavy (non-hydrogen) atoms. The molecular formula is C15H20F3NO. The van der Waals surface area contributed by atoms with E-state index in [-0.39, 0.29) is 11.3 Å². The van der Waals surface area contributed by atoms with Gasteiger partial charge in [-0.15, -0.1) is 13.2 Å². The fraction of sp³-hybridized carbons (Fsp3) is 0.600. The van der Waals surface area contributed by atoms with Gasteiger partial charge in [-0.25, -0.2) is 0 Å². The molecule has 0 bridgehead atoms. The van der Waals surface area contributed by atoms with Crippen LogP contribution < -0.4 is 10.5 Å². The number of nitrogens with two attached hydrogens (primary N) is 1. The van der Waals surface area contributed by atoms with Crippen LogP contribution in [0.3, 0.4) is 0 Å². The van der Waals surface area contributed by atoms with Crippen molar-refractivity contribution in [3.63, 3.8) is 0 Å². The predicted molar refractivity (Wildman–Crippen MR) is 71.4 cm³/mol. The maximum atomic E-state index is 12.1. The second-order valence-corrected chi connectivity index (χ2v) is 5.75. The van der Waals surface area contributed by atoms with Crippen molar-refractivity contribution >= 4 is 0 Å². The fourth-order valence-corrected chi connectivity index (χ4v) is 3.00. The Balaban J connectivity index is 1.97. The van der Waals surface area contributed by atoms with Gasteiger partial charge in [-0.3, -0.25) is 0 Å². The predicted octanol–water partition coefficient (Wildman–Crippen LogP) is 4.04. The number of rotatable bonds is 4. The average Bonchev–Trinajstić information content (AvgIpc) is 2.72. The summed E-state index contributed by atoms with van der Waals surface area (Å²) in [4.78, 5) is 0. The molecule has 2 unspecified atom stereocenters. The normalized spacial score (nSPS) is 26.8. The van der Waals surface area contributed by atoms with E-state index in [0.717, 1.165) is 31.2 Å². The minimum absolute atomic E-state index is 0.190. The van der Waals surface area contributed by atoms with Gasteiger partial charge in [-0.2, -0.15) is 0 Å². The Bertz CT molecular complexity index is 443. The van der Waals surface area contributed by atoms with Crippen LogP contribution in [0.2, 0.25) is 0 Å². The molecule has 0 heterocycles. The van der Waals surface area contributed by atoms with Crippen LogP contribution in [0.15, 0.2) is 24.3 Å². The number of alkyl halides is 3. The SMILES string of the molecule is CCC1CCC(N)(Cc2ccc(OC(F)(F)F)cc2)C1. The van der Waals surface area contributed by atoms with Crippen molar-refractivity contribution in [1.82, 2.24) is 0 Å². The van der Waals surface area contributed by atoms with Gasteiger partial charge in [0.1, 0.15) is 5.75 Å². The van der Waals surface area contributed by atoms with Crippen molar-refractivity contribution in [2.75, 3.05) is 0 Å². The minimum atomic E-state index is -4.64. The summed E-state index contributed by atoms with van der Waals surface area (Å²) < 4.78 is 40.1. The molecule has 2 nitrogen and oxygen atoms in total. The van der Waals surface area contributed by atoms with Crippen molar-refractivity contribution in [2.24, 2.45) is 11.7 Å². The van der Waals surface area contributed by atoms with E-state index in [1.165, 1.54) is 12.1 Å². The second-order valence-electron chi connectivity index (χ2n) is 5.75. The number of benzene rings is 1. The van der Waals surface area contributed by atoms with Crippen LogP contribution in [-0.4, -0.2) is 11.9 Å². The Kier molecular flexibility index (Phi) is 4.28. The maximum Gasteiger partial charge on any atom is 0.573 e. The molecule has 0 aromatic heterocycles. The third-order valence-corrected chi connectivity index (χ3v) is 4.04. The smallest absolute Gasteiger partial charge is 0.406 e. The van der Waals surface area contributed by atoms with Crippen LogP contribution >= 0.6 is 0 Å². The monoisotopic (exact) mass is 287 g/mol. The first-order chi connectivity index (χ1) is 9.30. The minimum Gasteiger partial charge on any atom is -0.406 e. The van der Waals surface area contributed by atoms with Gasteiger partial charge in [0.25, 0.3) is 0 Å². The van der Waals surface area contributed by atoms with E-state index in [1.807, 2.05) is 0 Å². The summed E-state index contributed by atoms with van der Waals surface area (Å²) in [7, 11) is 0. The molecule has 0 saturated heterocycles. The van der Waals surface area contributed by atoms with Gasteiger partial charge < -0.3 is 10.5 Å². The van der Waals surface area contributed by atoms with Crippen LogP contribution in [-0.2, 0) is 6.42 Å². The lowest BCUT2D eigenvalue weighted by Crippen LogP contribution is -2.39. The highest BCUT2D eigenvalue weighted by Crippen LogP contribution is 2.37. The molecule has 2 atom stereocenters. The summed E-state index contributed by atoms with van der Waals surface area (Å²) in [6.07, 6.45) is 0.308. The topological polar surface area (TPSA) is 35.2 Å². The lowest BCUT2D eigenvalue weighted by Gasteiger charge is -2.24. The van der Waals surface area contributed by atoms with Crippen LogP contribution in [0.1, 0.15) is 38.2 Å². The maximum absolute atomic E-state index is 12.1.